The van der Waals surface area contributed by atoms with Crippen LogP contribution in [-0.4, -0.2) is 74.9 Å². The number of ether oxygens (including phenoxy) is 2. The lowest BCUT2D eigenvalue weighted by atomic mass is 10.1. The smallest absolute Gasteiger partial charge is 0.462 e. The van der Waals surface area contributed by atoms with Crippen LogP contribution in [0, 0.1) is 0 Å². The molecule has 0 bridgehead atoms. The Bertz CT molecular complexity index is 1120. The first kappa shape index (κ1) is 52.7. The Morgan fingerprint density at radius 2 is 1.04 bits per heavy atom. The average molecular weight is 795 g/mol. The van der Waals surface area contributed by atoms with Gasteiger partial charge < -0.3 is 18.9 Å². The minimum atomic E-state index is -4.37. The largest absolute Gasteiger partial charge is 0.472 e. The van der Waals surface area contributed by atoms with E-state index in [1.54, 1.807) is 0 Å². The van der Waals surface area contributed by atoms with Gasteiger partial charge in [0.1, 0.15) is 19.8 Å². The highest BCUT2D eigenvalue weighted by molar-refractivity contribution is 7.47. The second-order valence-corrected chi connectivity index (χ2v) is 16.8. The number of unbranched alkanes of at least 4 members (excludes halogenated alkanes) is 14. The van der Waals surface area contributed by atoms with E-state index in [9.17, 15) is 19.0 Å². The number of phosphoric acid groups is 1. The number of carbonyl (C=O) groups excluding carboxylic acids is 2. The summed E-state index contributed by atoms with van der Waals surface area (Å²) in [4.78, 5) is 35.1. The van der Waals surface area contributed by atoms with Crippen LogP contribution in [0.1, 0.15) is 162 Å². The quantitative estimate of drug-likeness (QED) is 0.0216. The van der Waals surface area contributed by atoms with Crippen LogP contribution in [0.5, 0.6) is 0 Å². The van der Waals surface area contributed by atoms with E-state index in [1.165, 1.54) is 44.9 Å². The minimum absolute atomic E-state index is 0.0286. The second-order valence-electron chi connectivity index (χ2n) is 15.4. The normalized spacial score (nSPS) is 14.2. The van der Waals surface area contributed by atoms with Gasteiger partial charge in [-0.15, -0.1) is 0 Å². The summed E-state index contributed by atoms with van der Waals surface area (Å²) in [7, 11) is 1.46. The fourth-order valence-electron chi connectivity index (χ4n) is 5.45. The fraction of sp³-hybridized carbons (Fsp3) is 0.733. The van der Waals surface area contributed by atoms with Crippen molar-refractivity contribution in [2.45, 2.75) is 168 Å². The van der Waals surface area contributed by atoms with Gasteiger partial charge in [-0.3, -0.25) is 18.6 Å². The van der Waals surface area contributed by atoms with E-state index in [4.69, 9.17) is 18.5 Å². The topological polar surface area (TPSA) is 108 Å². The van der Waals surface area contributed by atoms with Crippen LogP contribution in [0.25, 0.3) is 0 Å². The van der Waals surface area contributed by atoms with Gasteiger partial charge in [0.25, 0.3) is 0 Å². The lowest BCUT2D eigenvalue weighted by Gasteiger charge is -2.24. The van der Waals surface area contributed by atoms with Crippen molar-refractivity contribution < 1.29 is 42.1 Å². The molecule has 0 radical (unpaired) electrons. The first-order valence-corrected chi connectivity index (χ1v) is 23.0. The standard InChI is InChI=1S/C45H80NO8P/c1-6-8-10-12-14-15-16-17-18-19-20-21-22-23-24-25-26-27-28-29-30-31-32-34-36-38-45(48)54-43(41-51-44(47)37-35-33-13-11-9-7-2)42-53-55(49,50)52-40-39-46(3,4)5/h8,10,14-15,17-18,20-21,23-24,43H,6-7,9,11-13,16,19,22,25-42H2,1-5H3/p+1/b10-8-,15-14-,18-17-,21-20-,24-23-. The maximum atomic E-state index is 12.6. The lowest BCUT2D eigenvalue weighted by Crippen LogP contribution is -2.37. The molecule has 0 saturated carbocycles. The summed E-state index contributed by atoms with van der Waals surface area (Å²) in [5.74, 6) is -0.819. The van der Waals surface area contributed by atoms with Crippen molar-refractivity contribution in [3.05, 3.63) is 60.8 Å². The summed E-state index contributed by atoms with van der Waals surface area (Å²) in [6.07, 6.45) is 44.4. The van der Waals surface area contributed by atoms with Crippen LogP contribution in [0.2, 0.25) is 0 Å². The zero-order valence-corrected chi connectivity index (χ0v) is 36.5. The summed E-state index contributed by atoms with van der Waals surface area (Å²) in [6, 6.07) is 0. The molecule has 0 aliphatic carbocycles. The zero-order chi connectivity index (χ0) is 40.7. The monoisotopic (exact) mass is 795 g/mol. The van der Waals surface area contributed by atoms with Crippen LogP contribution in [0.3, 0.4) is 0 Å². The highest BCUT2D eigenvalue weighted by Crippen LogP contribution is 2.43. The molecule has 10 heteroatoms. The Morgan fingerprint density at radius 1 is 0.582 bits per heavy atom. The number of hydrogen-bond acceptors (Lipinski definition) is 7. The van der Waals surface area contributed by atoms with Gasteiger partial charge in [0, 0.05) is 12.8 Å². The van der Waals surface area contributed by atoms with E-state index in [0.717, 1.165) is 83.5 Å². The molecular formula is C45H81NO8P+. The minimum Gasteiger partial charge on any atom is -0.462 e. The van der Waals surface area contributed by atoms with Crippen molar-refractivity contribution in [2.75, 3.05) is 47.5 Å². The third kappa shape index (κ3) is 41.2. The Hall–Kier alpha value is -2.29. The molecular weight excluding hydrogens is 713 g/mol. The summed E-state index contributed by atoms with van der Waals surface area (Å²) >= 11 is 0. The van der Waals surface area contributed by atoms with Crippen molar-refractivity contribution in [1.29, 1.82) is 0 Å². The predicted molar refractivity (Wildman–Crippen MR) is 229 cm³/mol. The first-order chi connectivity index (χ1) is 26.5. The molecule has 0 amide bonds. The number of phosphoric ester groups is 1. The highest BCUT2D eigenvalue weighted by atomic mass is 31.2. The van der Waals surface area contributed by atoms with Crippen molar-refractivity contribution >= 4 is 19.8 Å². The van der Waals surface area contributed by atoms with Crippen LogP contribution in [0.15, 0.2) is 60.8 Å². The molecule has 1 N–H and O–H groups in total. The molecule has 55 heavy (non-hydrogen) atoms. The highest BCUT2D eigenvalue weighted by Gasteiger charge is 2.27. The number of nitrogens with zero attached hydrogens (tertiary/aromatic N) is 1. The van der Waals surface area contributed by atoms with Crippen LogP contribution >= 0.6 is 7.82 Å². The van der Waals surface area contributed by atoms with Gasteiger partial charge in [0.15, 0.2) is 6.10 Å². The van der Waals surface area contributed by atoms with Crippen molar-refractivity contribution in [1.82, 2.24) is 0 Å². The Balaban J connectivity index is 4.17. The molecule has 0 fully saturated rings. The zero-order valence-electron chi connectivity index (χ0n) is 35.6. The molecule has 0 aromatic carbocycles. The number of esters is 2. The lowest BCUT2D eigenvalue weighted by molar-refractivity contribution is -0.870. The number of rotatable bonds is 38. The van der Waals surface area contributed by atoms with Gasteiger partial charge in [-0.25, -0.2) is 4.57 Å². The van der Waals surface area contributed by atoms with Gasteiger partial charge in [-0.2, -0.15) is 0 Å². The summed E-state index contributed by atoms with van der Waals surface area (Å²) in [6.45, 7) is 4.22. The third-order valence-electron chi connectivity index (χ3n) is 8.81. The molecule has 2 unspecified atom stereocenters. The van der Waals surface area contributed by atoms with E-state index in [0.29, 0.717) is 17.4 Å². The average Bonchev–Trinajstić information content (AvgIpc) is 3.13. The molecule has 0 aliphatic heterocycles. The molecule has 9 nitrogen and oxygen atoms in total. The van der Waals surface area contributed by atoms with E-state index in [-0.39, 0.29) is 32.0 Å². The maximum Gasteiger partial charge on any atom is 0.472 e. The SMILES string of the molecule is CC/C=C\C/C=C\C/C=C\C/C=C\C/C=C\CCCCCCCCCCCC(=O)OC(COC(=O)CCCCCCCC)COP(=O)(O)OCC[N+](C)(C)C. The van der Waals surface area contributed by atoms with E-state index >= 15 is 0 Å². The maximum absolute atomic E-state index is 12.6. The summed E-state index contributed by atoms with van der Waals surface area (Å²) < 4.78 is 34.1. The number of carbonyl (C=O) groups is 2. The second kappa shape index (κ2) is 37.3. The van der Waals surface area contributed by atoms with Crippen LogP contribution < -0.4 is 0 Å². The van der Waals surface area contributed by atoms with Crippen molar-refractivity contribution in [2.24, 2.45) is 0 Å². The fourth-order valence-corrected chi connectivity index (χ4v) is 6.19. The van der Waals surface area contributed by atoms with Crippen molar-refractivity contribution in [3.8, 4) is 0 Å². The molecule has 2 atom stereocenters. The van der Waals surface area contributed by atoms with Gasteiger partial charge in [0.05, 0.1) is 27.7 Å². The molecule has 0 aromatic rings. The molecule has 0 saturated heterocycles. The first-order valence-electron chi connectivity index (χ1n) is 21.5. The Labute approximate surface area is 336 Å². The molecule has 0 spiro atoms. The Morgan fingerprint density at radius 3 is 1.55 bits per heavy atom. The number of allylic oxidation sites excluding steroid dienone is 10. The van der Waals surface area contributed by atoms with Crippen molar-refractivity contribution in [3.63, 3.8) is 0 Å². The molecule has 0 heterocycles. The van der Waals surface area contributed by atoms with E-state index < -0.39 is 26.5 Å². The third-order valence-corrected chi connectivity index (χ3v) is 9.80. The van der Waals surface area contributed by atoms with Gasteiger partial charge in [0.2, 0.25) is 0 Å². The van der Waals surface area contributed by atoms with E-state index in [2.05, 4.69) is 74.6 Å². The number of hydrogen-bond donors (Lipinski definition) is 1. The van der Waals surface area contributed by atoms with Gasteiger partial charge >= 0.3 is 19.8 Å². The summed E-state index contributed by atoms with van der Waals surface area (Å²) in [5, 5.41) is 0. The molecule has 0 rings (SSSR count). The Kier molecular flexibility index (Phi) is 35.7. The molecule has 0 aromatic heterocycles. The molecule has 0 aliphatic rings. The van der Waals surface area contributed by atoms with Gasteiger partial charge in [-0.1, -0.05) is 152 Å². The molecule has 318 valence electrons. The van der Waals surface area contributed by atoms with E-state index in [1.807, 2.05) is 21.1 Å². The van der Waals surface area contributed by atoms with Gasteiger partial charge in [-0.05, 0) is 57.8 Å². The number of likely N-dealkylation sites (N-methyl/N-ethyl adjacent to an activating group) is 1. The van der Waals surface area contributed by atoms with Crippen LogP contribution in [0.4, 0.5) is 0 Å². The summed E-state index contributed by atoms with van der Waals surface area (Å²) in [5.41, 5.74) is 0. The van der Waals surface area contributed by atoms with Crippen LogP contribution in [-0.2, 0) is 32.7 Å². The number of quaternary nitrogens is 1. The predicted octanol–water partition coefficient (Wildman–Crippen LogP) is 12.1.